The Hall–Kier alpha value is -2.57. The van der Waals surface area contributed by atoms with E-state index >= 15 is 0 Å². The van der Waals surface area contributed by atoms with Gasteiger partial charge in [0.1, 0.15) is 24.1 Å². The summed E-state index contributed by atoms with van der Waals surface area (Å²) in [7, 11) is -3.85. The normalized spacial score (nSPS) is 16.2. The third kappa shape index (κ3) is 5.68. The molecule has 33 heavy (non-hydrogen) atoms. The van der Waals surface area contributed by atoms with Crippen molar-refractivity contribution in [2.45, 2.75) is 69.0 Å². The second-order valence-electron chi connectivity index (χ2n) is 8.67. The Morgan fingerprint density at radius 1 is 1.30 bits per heavy atom. The van der Waals surface area contributed by atoms with Gasteiger partial charge in [0, 0.05) is 6.04 Å². The van der Waals surface area contributed by atoms with Gasteiger partial charge in [-0.05, 0) is 37.0 Å². The molecule has 1 aliphatic carbocycles. The van der Waals surface area contributed by atoms with E-state index in [1.165, 1.54) is 6.42 Å². The van der Waals surface area contributed by atoms with Crippen LogP contribution in [0.1, 0.15) is 57.7 Å². The standard InChI is InChI=1S/C21H28N6O4S2/c1-13(2)19(20(28)23-14-6-4-3-5-7-14)27-11-15(25-26-27)12-31-16-8-9-17-18(10-16)32-21(24-17)33(22,29)30/h8-11,13-14,19H,3-7,12H2,1-2H3,(H,23,28)(H2,22,29,30). The smallest absolute Gasteiger partial charge is 0.265 e. The van der Waals surface area contributed by atoms with Gasteiger partial charge >= 0.3 is 0 Å². The summed E-state index contributed by atoms with van der Waals surface area (Å²) in [5.74, 6) is 0.554. The Morgan fingerprint density at radius 3 is 2.76 bits per heavy atom. The summed E-state index contributed by atoms with van der Waals surface area (Å²) in [6.45, 7) is 4.13. The lowest BCUT2D eigenvalue weighted by molar-refractivity contribution is -0.126. The average molecular weight is 493 g/mol. The molecule has 0 radical (unpaired) electrons. The molecule has 0 spiro atoms. The summed E-state index contributed by atoms with van der Waals surface area (Å²) in [6, 6.07) is 4.87. The van der Waals surface area contributed by atoms with E-state index in [9.17, 15) is 13.2 Å². The first-order chi connectivity index (χ1) is 15.7. The number of carbonyl (C=O) groups excluding carboxylic acids is 1. The molecule has 1 aliphatic rings. The van der Waals surface area contributed by atoms with Crippen molar-refractivity contribution in [3.8, 4) is 5.75 Å². The highest BCUT2D eigenvalue weighted by atomic mass is 32.2. The zero-order valence-corrected chi connectivity index (χ0v) is 20.2. The first-order valence-electron chi connectivity index (χ1n) is 11.0. The van der Waals surface area contributed by atoms with E-state index in [-0.39, 0.29) is 28.8 Å². The van der Waals surface area contributed by atoms with Gasteiger partial charge in [0.05, 0.1) is 16.4 Å². The van der Waals surface area contributed by atoms with E-state index in [1.807, 2.05) is 13.8 Å². The van der Waals surface area contributed by atoms with Gasteiger partial charge in [0.2, 0.25) is 10.2 Å². The minimum atomic E-state index is -3.85. The molecule has 4 rings (SSSR count). The monoisotopic (exact) mass is 492 g/mol. The number of sulfonamides is 1. The molecular weight excluding hydrogens is 464 g/mol. The number of nitrogens with two attached hydrogens (primary N) is 1. The first-order valence-corrected chi connectivity index (χ1v) is 13.3. The van der Waals surface area contributed by atoms with Crippen molar-refractivity contribution >= 4 is 37.5 Å². The summed E-state index contributed by atoms with van der Waals surface area (Å²) in [4.78, 5) is 17.0. The van der Waals surface area contributed by atoms with E-state index in [0.717, 1.165) is 37.0 Å². The fourth-order valence-corrected chi connectivity index (χ4v) is 5.71. The molecule has 1 fully saturated rings. The Balaban J connectivity index is 1.42. The van der Waals surface area contributed by atoms with Gasteiger partial charge in [-0.1, -0.05) is 38.3 Å². The Kier molecular flexibility index (Phi) is 6.96. The maximum Gasteiger partial charge on any atom is 0.265 e. The lowest BCUT2D eigenvalue weighted by atomic mass is 9.94. The molecule has 1 amide bonds. The average Bonchev–Trinajstić information content (AvgIpc) is 3.39. The lowest BCUT2D eigenvalue weighted by Crippen LogP contribution is -2.42. The number of thiazole rings is 1. The van der Waals surface area contributed by atoms with Crippen LogP contribution < -0.4 is 15.2 Å². The predicted molar refractivity (Wildman–Crippen MR) is 124 cm³/mol. The molecule has 1 aromatic carbocycles. The SMILES string of the molecule is CC(C)C(C(=O)NC1CCCCC1)n1cc(COc2ccc3nc(S(N)(=O)=O)sc3c2)nn1. The summed E-state index contributed by atoms with van der Waals surface area (Å²) < 4.78 is 31.0. The van der Waals surface area contributed by atoms with Crippen molar-refractivity contribution in [1.29, 1.82) is 0 Å². The minimum absolute atomic E-state index is 0.0319. The van der Waals surface area contributed by atoms with E-state index in [4.69, 9.17) is 9.88 Å². The molecule has 1 unspecified atom stereocenters. The second kappa shape index (κ2) is 9.74. The molecule has 178 valence electrons. The summed E-state index contributed by atoms with van der Waals surface area (Å²) in [5, 5.41) is 16.7. The number of hydrogen-bond donors (Lipinski definition) is 2. The van der Waals surface area contributed by atoms with E-state index in [2.05, 4.69) is 20.6 Å². The van der Waals surface area contributed by atoms with E-state index in [1.54, 1.807) is 29.1 Å². The van der Waals surface area contributed by atoms with E-state index in [0.29, 0.717) is 21.7 Å². The van der Waals surface area contributed by atoms with Crippen LogP contribution in [0.2, 0.25) is 0 Å². The highest BCUT2D eigenvalue weighted by Gasteiger charge is 2.28. The first kappa shape index (κ1) is 23.6. The van der Waals surface area contributed by atoms with E-state index < -0.39 is 16.1 Å². The van der Waals surface area contributed by atoms with Crippen LogP contribution in [-0.4, -0.2) is 40.3 Å². The summed E-state index contributed by atoms with van der Waals surface area (Å²) >= 11 is 0.988. The number of benzene rings is 1. The molecule has 12 heteroatoms. The molecule has 1 atom stereocenters. The van der Waals surface area contributed by atoms with Crippen molar-refractivity contribution in [2.24, 2.45) is 11.1 Å². The molecular formula is C21H28N6O4S2. The Morgan fingerprint density at radius 2 is 2.06 bits per heavy atom. The molecule has 2 aromatic heterocycles. The van der Waals surface area contributed by atoms with Gasteiger partial charge in [0.25, 0.3) is 10.0 Å². The fraction of sp³-hybridized carbons (Fsp3) is 0.524. The molecule has 3 N–H and O–H groups in total. The molecule has 2 heterocycles. The van der Waals surface area contributed by atoms with Gasteiger partial charge < -0.3 is 10.1 Å². The van der Waals surface area contributed by atoms with Crippen molar-refractivity contribution in [3.63, 3.8) is 0 Å². The number of amides is 1. The van der Waals surface area contributed by atoms with Gasteiger partial charge in [-0.25, -0.2) is 23.2 Å². The number of primary sulfonamides is 1. The Bertz CT molecular complexity index is 1230. The topological polar surface area (TPSA) is 142 Å². The third-order valence-electron chi connectivity index (χ3n) is 5.66. The zero-order chi connectivity index (χ0) is 23.6. The number of ether oxygens (including phenoxy) is 1. The number of carbonyl (C=O) groups is 1. The van der Waals surface area contributed by atoms with Crippen LogP contribution >= 0.6 is 11.3 Å². The molecule has 0 aliphatic heterocycles. The highest BCUT2D eigenvalue weighted by Crippen LogP contribution is 2.28. The van der Waals surface area contributed by atoms with Crippen LogP contribution in [0.4, 0.5) is 0 Å². The van der Waals surface area contributed by atoms with Gasteiger partial charge in [-0.15, -0.1) is 16.4 Å². The summed E-state index contributed by atoms with van der Waals surface area (Å²) in [6.07, 6.45) is 7.31. The van der Waals surface area contributed by atoms with Crippen molar-refractivity contribution in [2.75, 3.05) is 0 Å². The van der Waals surface area contributed by atoms with Crippen LogP contribution in [0.5, 0.6) is 5.75 Å². The molecule has 3 aromatic rings. The van der Waals surface area contributed by atoms with Gasteiger partial charge in [-0.3, -0.25) is 4.79 Å². The highest BCUT2D eigenvalue weighted by molar-refractivity contribution is 7.91. The van der Waals surface area contributed by atoms with Crippen molar-refractivity contribution in [1.82, 2.24) is 25.3 Å². The lowest BCUT2D eigenvalue weighted by Gasteiger charge is -2.27. The summed E-state index contributed by atoms with van der Waals surface area (Å²) in [5.41, 5.74) is 1.12. The van der Waals surface area contributed by atoms with Crippen LogP contribution in [0, 0.1) is 5.92 Å². The quantitative estimate of drug-likeness (QED) is 0.492. The Labute approximate surface area is 196 Å². The van der Waals surface area contributed by atoms with Crippen molar-refractivity contribution < 1.29 is 17.9 Å². The number of hydrogen-bond acceptors (Lipinski definition) is 8. The number of rotatable bonds is 8. The minimum Gasteiger partial charge on any atom is -0.487 e. The van der Waals surface area contributed by atoms with Gasteiger partial charge in [-0.2, -0.15) is 0 Å². The van der Waals surface area contributed by atoms with Gasteiger partial charge in [0.15, 0.2) is 0 Å². The third-order valence-corrected chi connectivity index (χ3v) is 8.00. The van der Waals surface area contributed by atoms with Crippen LogP contribution in [0.15, 0.2) is 28.7 Å². The number of fused-ring (bicyclic) bond motifs is 1. The second-order valence-corrected chi connectivity index (χ2v) is 11.4. The molecule has 1 saturated carbocycles. The van der Waals surface area contributed by atoms with Crippen LogP contribution in [0.3, 0.4) is 0 Å². The maximum atomic E-state index is 13.0. The fourth-order valence-electron chi connectivity index (χ4n) is 4.03. The van der Waals surface area contributed by atoms with Crippen LogP contribution in [-0.2, 0) is 21.4 Å². The number of aromatic nitrogens is 4. The number of nitrogens with zero attached hydrogens (tertiary/aromatic N) is 4. The molecule has 0 saturated heterocycles. The molecule has 0 bridgehead atoms. The van der Waals surface area contributed by atoms with Crippen LogP contribution in [0.25, 0.3) is 10.2 Å². The predicted octanol–water partition coefficient (Wildman–Crippen LogP) is 2.76. The van der Waals surface area contributed by atoms with Crippen molar-refractivity contribution in [3.05, 3.63) is 30.1 Å². The number of nitrogens with one attached hydrogen (secondary N) is 1. The molecule has 10 nitrogen and oxygen atoms in total. The largest absolute Gasteiger partial charge is 0.487 e. The zero-order valence-electron chi connectivity index (χ0n) is 18.6. The maximum absolute atomic E-state index is 13.0.